The lowest BCUT2D eigenvalue weighted by Crippen LogP contribution is -2.12. The molecule has 106 valence electrons. The van der Waals surface area contributed by atoms with E-state index < -0.39 is 0 Å². The van der Waals surface area contributed by atoms with Gasteiger partial charge in [-0.15, -0.1) is 0 Å². The Kier molecular flexibility index (Phi) is 4.71. The van der Waals surface area contributed by atoms with Gasteiger partial charge >= 0.3 is 0 Å². The molecular weight excluding hydrogens is 228 g/mol. The lowest BCUT2D eigenvalue weighted by Gasteiger charge is -2.24. The molecule has 0 N–H and O–H groups in total. The molecule has 0 heteroatoms. The Labute approximate surface area is 119 Å². The maximum Gasteiger partial charge on any atom is -0.0132 e. The summed E-state index contributed by atoms with van der Waals surface area (Å²) in [6.07, 6.45) is 8.65. The highest BCUT2D eigenvalue weighted by molar-refractivity contribution is 5.29. The predicted octanol–water partition coefficient (Wildman–Crippen LogP) is 6.06. The standard InChI is InChI=1S/C19H30/c1-15(16-9-7-5-6-8-10-16)17-11-13-18(14-12-17)19(2,3)4/h11-16H,5-10H2,1-4H3. The quantitative estimate of drug-likeness (QED) is 0.566. The summed E-state index contributed by atoms with van der Waals surface area (Å²) in [5.74, 6) is 1.63. The van der Waals surface area contributed by atoms with Crippen LogP contribution in [0.3, 0.4) is 0 Å². The molecule has 1 aromatic rings. The smallest absolute Gasteiger partial charge is 0.0132 e. The first-order valence-corrected chi connectivity index (χ1v) is 8.09. The van der Waals surface area contributed by atoms with Gasteiger partial charge in [-0.05, 0) is 41.2 Å². The van der Waals surface area contributed by atoms with E-state index in [-0.39, 0.29) is 5.41 Å². The van der Waals surface area contributed by atoms with Crippen molar-refractivity contribution in [3.8, 4) is 0 Å². The van der Waals surface area contributed by atoms with Crippen LogP contribution in [0.25, 0.3) is 0 Å². The number of hydrogen-bond donors (Lipinski definition) is 0. The van der Waals surface area contributed by atoms with E-state index in [0.29, 0.717) is 0 Å². The van der Waals surface area contributed by atoms with Gasteiger partial charge in [-0.1, -0.05) is 77.6 Å². The molecule has 0 radical (unpaired) electrons. The summed E-state index contributed by atoms with van der Waals surface area (Å²) in [6.45, 7) is 9.30. The van der Waals surface area contributed by atoms with Gasteiger partial charge in [0.25, 0.3) is 0 Å². The molecule has 1 unspecified atom stereocenters. The molecule has 19 heavy (non-hydrogen) atoms. The van der Waals surface area contributed by atoms with E-state index in [9.17, 15) is 0 Å². The Morgan fingerprint density at radius 2 is 1.42 bits per heavy atom. The van der Waals surface area contributed by atoms with E-state index in [4.69, 9.17) is 0 Å². The molecule has 0 heterocycles. The van der Waals surface area contributed by atoms with Gasteiger partial charge in [0.15, 0.2) is 0 Å². The van der Waals surface area contributed by atoms with Crippen LogP contribution >= 0.6 is 0 Å². The number of hydrogen-bond acceptors (Lipinski definition) is 0. The zero-order valence-corrected chi connectivity index (χ0v) is 13.2. The average molecular weight is 258 g/mol. The van der Waals surface area contributed by atoms with Gasteiger partial charge in [0.1, 0.15) is 0 Å². The van der Waals surface area contributed by atoms with Crippen LogP contribution in [-0.4, -0.2) is 0 Å². The summed E-state index contributed by atoms with van der Waals surface area (Å²) < 4.78 is 0. The Hall–Kier alpha value is -0.780. The minimum atomic E-state index is 0.268. The molecule has 0 amide bonds. The fourth-order valence-electron chi connectivity index (χ4n) is 3.37. The van der Waals surface area contributed by atoms with Crippen molar-refractivity contribution in [3.05, 3.63) is 35.4 Å². The summed E-state index contributed by atoms with van der Waals surface area (Å²) in [7, 11) is 0. The molecule has 0 bridgehead atoms. The molecule has 1 saturated carbocycles. The van der Waals surface area contributed by atoms with E-state index in [1.54, 1.807) is 5.56 Å². The largest absolute Gasteiger partial charge is 0.0585 e. The van der Waals surface area contributed by atoms with Crippen molar-refractivity contribution in [2.24, 2.45) is 5.92 Å². The minimum absolute atomic E-state index is 0.268. The van der Waals surface area contributed by atoms with Gasteiger partial charge in [0.2, 0.25) is 0 Å². The van der Waals surface area contributed by atoms with Gasteiger partial charge in [-0.2, -0.15) is 0 Å². The van der Waals surface area contributed by atoms with Gasteiger partial charge in [0.05, 0.1) is 0 Å². The monoisotopic (exact) mass is 258 g/mol. The zero-order chi connectivity index (χ0) is 13.9. The van der Waals surface area contributed by atoms with E-state index in [2.05, 4.69) is 52.0 Å². The highest BCUT2D eigenvalue weighted by Crippen LogP contribution is 2.35. The van der Waals surface area contributed by atoms with Crippen molar-refractivity contribution in [2.75, 3.05) is 0 Å². The van der Waals surface area contributed by atoms with Crippen LogP contribution in [-0.2, 0) is 5.41 Å². The average Bonchev–Trinajstić information content (AvgIpc) is 2.66. The molecule has 0 aliphatic heterocycles. The van der Waals surface area contributed by atoms with Crippen molar-refractivity contribution < 1.29 is 0 Å². The van der Waals surface area contributed by atoms with Gasteiger partial charge in [-0.3, -0.25) is 0 Å². The summed E-state index contributed by atoms with van der Waals surface area (Å²) in [4.78, 5) is 0. The SMILES string of the molecule is CC(c1ccc(C(C)(C)C)cc1)C1CCCCCC1. The summed E-state index contributed by atoms with van der Waals surface area (Å²) >= 11 is 0. The van der Waals surface area contributed by atoms with Crippen LogP contribution in [0, 0.1) is 5.92 Å². The first-order chi connectivity index (χ1) is 8.98. The van der Waals surface area contributed by atoms with Crippen LogP contribution in [0.15, 0.2) is 24.3 Å². The minimum Gasteiger partial charge on any atom is -0.0585 e. The maximum atomic E-state index is 2.43. The normalized spacial score (nSPS) is 20.0. The Bertz CT molecular complexity index is 371. The molecule has 0 saturated heterocycles. The van der Waals surface area contributed by atoms with E-state index in [0.717, 1.165) is 11.8 Å². The zero-order valence-electron chi connectivity index (χ0n) is 13.2. The topological polar surface area (TPSA) is 0 Å². The molecule has 1 aromatic carbocycles. The molecule has 0 spiro atoms. The third-order valence-electron chi connectivity index (χ3n) is 4.91. The van der Waals surface area contributed by atoms with Crippen molar-refractivity contribution >= 4 is 0 Å². The lowest BCUT2D eigenvalue weighted by molar-refractivity contribution is 0.394. The second-order valence-corrected chi connectivity index (χ2v) is 7.41. The Morgan fingerprint density at radius 3 is 1.89 bits per heavy atom. The van der Waals surface area contributed by atoms with Crippen molar-refractivity contribution in [1.29, 1.82) is 0 Å². The molecule has 1 aliphatic carbocycles. The van der Waals surface area contributed by atoms with Crippen LogP contribution in [0.1, 0.15) is 83.3 Å². The molecule has 0 nitrogen and oxygen atoms in total. The first kappa shape index (κ1) is 14.6. The van der Waals surface area contributed by atoms with Gasteiger partial charge in [0, 0.05) is 0 Å². The van der Waals surface area contributed by atoms with Gasteiger partial charge < -0.3 is 0 Å². The van der Waals surface area contributed by atoms with Crippen LogP contribution in [0.4, 0.5) is 0 Å². The highest BCUT2D eigenvalue weighted by atomic mass is 14.3. The van der Waals surface area contributed by atoms with Crippen LogP contribution in [0.2, 0.25) is 0 Å². The van der Waals surface area contributed by atoms with E-state index in [1.807, 2.05) is 0 Å². The summed E-state index contributed by atoms with van der Waals surface area (Å²) in [5, 5.41) is 0. The molecule has 1 aliphatic rings. The van der Waals surface area contributed by atoms with E-state index >= 15 is 0 Å². The molecular formula is C19H30. The van der Waals surface area contributed by atoms with Crippen molar-refractivity contribution in [1.82, 2.24) is 0 Å². The Balaban J connectivity index is 2.08. The predicted molar refractivity (Wildman–Crippen MR) is 84.7 cm³/mol. The van der Waals surface area contributed by atoms with Crippen LogP contribution < -0.4 is 0 Å². The maximum absolute atomic E-state index is 2.43. The highest BCUT2D eigenvalue weighted by Gasteiger charge is 2.21. The fraction of sp³-hybridized carbons (Fsp3) is 0.684. The second-order valence-electron chi connectivity index (χ2n) is 7.41. The van der Waals surface area contributed by atoms with Crippen LogP contribution in [0.5, 0.6) is 0 Å². The Morgan fingerprint density at radius 1 is 0.895 bits per heavy atom. The summed E-state index contributed by atoms with van der Waals surface area (Å²) in [5.41, 5.74) is 3.26. The second kappa shape index (κ2) is 6.11. The van der Waals surface area contributed by atoms with Gasteiger partial charge in [-0.25, -0.2) is 0 Å². The van der Waals surface area contributed by atoms with Crippen molar-refractivity contribution in [2.45, 2.75) is 77.6 Å². The molecule has 0 aromatic heterocycles. The fourth-order valence-corrected chi connectivity index (χ4v) is 3.37. The number of benzene rings is 1. The molecule has 1 atom stereocenters. The lowest BCUT2D eigenvalue weighted by atomic mass is 9.81. The van der Waals surface area contributed by atoms with Crippen molar-refractivity contribution in [3.63, 3.8) is 0 Å². The molecule has 2 rings (SSSR count). The molecule has 1 fully saturated rings. The van der Waals surface area contributed by atoms with E-state index in [1.165, 1.54) is 44.1 Å². The third-order valence-corrected chi connectivity index (χ3v) is 4.91. The third kappa shape index (κ3) is 3.84. The number of rotatable bonds is 2. The first-order valence-electron chi connectivity index (χ1n) is 8.09. The summed E-state index contributed by atoms with van der Waals surface area (Å²) in [6, 6.07) is 9.41.